The maximum Gasteiger partial charge on any atom is 0.330 e. The maximum atomic E-state index is 12.5. The van der Waals surface area contributed by atoms with Crippen molar-refractivity contribution in [3.05, 3.63) is 34.3 Å². The SMILES string of the molecule is CN(C)CCN1C(=O)NC(=O)C(c2cccc(Br)c2)C1=O. The molecule has 0 saturated carbocycles. The number of carbonyl (C=O) groups excluding carboxylic acids is 3. The lowest BCUT2D eigenvalue weighted by Crippen LogP contribution is -2.57. The number of carbonyl (C=O) groups is 3. The molecule has 1 unspecified atom stereocenters. The van der Waals surface area contributed by atoms with Crippen molar-refractivity contribution in [2.45, 2.75) is 5.92 Å². The van der Waals surface area contributed by atoms with E-state index in [-0.39, 0.29) is 6.54 Å². The summed E-state index contributed by atoms with van der Waals surface area (Å²) >= 11 is 3.32. The predicted molar refractivity (Wildman–Crippen MR) is 80.7 cm³/mol. The molecule has 0 bridgehead atoms. The number of nitrogens with zero attached hydrogens (tertiary/aromatic N) is 2. The van der Waals surface area contributed by atoms with Crippen LogP contribution in [0.4, 0.5) is 4.79 Å². The largest absolute Gasteiger partial charge is 0.330 e. The van der Waals surface area contributed by atoms with Gasteiger partial charge in [0.05, 0.1) is 0 Å². The number of rotatable bonds is 4. The fourth-order valence-electron chi connectivity index (χ4n) is 2.10. The maximum absolute atomic E-state index is 12.5. The van der Waals surface area contributed by atoms with E-state index < -0.39 is 23.8 Å². The minimum Gasteiger partial charge on any atom is -0.308 e. The summed E-state index contributed by atoms with van der Waals surface area (Å²) in [5.41, 5.74) is 0.564. The smallest absolute Gasteiger partial charge is 0.308 e. The summed E-state index contributed by atoms with van der Waals surface area (Å²) < 4.78 is 0.775. The van der Waals surface area contributed by atoms with Crippen LogP contribution in [-0.2, 0) is 9.59 Å². The molecule has 1 fully saturated rings. The van der Waals surface area contributed by atoms with Gasteiger partial charge in [0.15, 0.2) is 0 Å². The van der Waals surface area contributed by atoms with Crippen LogP contribution in [0.25, 0.3) is 0 Å². The summed E-state index contributed by atoms with van der Waals surface area (Å²) in [5, 5.41) is 2.24. The Bertz CT molecular complexity index is 589. The lowest BCUT2D eigenvalue weighted by atomic mass is 9.95. The van der Waals surface area contributed by atoms with Gasteiger partial charge in [-0.15, -0.1) is 0 Å². The Morgan fingerprint density at radius 2 is 2.00 bits per heavy atom. The van der Waals surface area contributed by atoms with Gasteiger partial charge in [0.25, 0.3) is 0 Å². The standard InChI is InChI=1S/C14H16BrN3O3/c1-17(2)6-7-18-13(20)11(12(19)16-14(18)21)9-4-3-5-10(15)8-9/h3-5,8,11H,6-7H2,1-2H3,(H,16,19,21). The predicted octanol–water partition coefficient (Wildman–Crippen LogP) is 1.17. The second kappa shape index (κ2) is 6.36. The van der Waals surface area contributed by atoms with Gasteiger partial charge >= 0.3 is 6.03 Å². The van der Waals surface area contributed by atoms with Gasteiger partial charge in [-0.2, -0.15) is 0 Å². The normalized spacial score (nSPS) is 19.1. The van der Waals surface area contributed by atoms with E-state index in [1.54, 1.807) is 18.2 Å². The monoisotopic (exact) mass is 353 g/mol. The van der Waals surface area contributed by atoms with E-state index in [0.29, 0.717) is 12.1 Å². The topological polar surface area (TPSA) is 69.7 Å². The molecule has 1 N–H and O–H groups in total. The molecule has 0 radical (unpaired) electrons. The second-order valence-electron chi connectivity index (χ2n) is 5.08. The summed E-state index contributed by atoms with van der Waals surface area (Å²) in [6, 6.07) is 6.32. The van der Waals surface area contributed by atoms with E-state index in [1.165, 1.54) is 0 Å². The van der Waals surface area contributed by atoms with Gasteiger partial charge in [0.2, 0.25) is 11.8 Å². The molecule has 0 aliphatic carbocycles. The van der Waals surface area contributed by atoms with Crippen LogP contribution in [-0.4, -0.2) is 54.8 Å². The minimum atomic E-state index is -0.984. The Morgan fingerprint density at radius 3 is 2.62 bits per heavy atom. The number of imide groups is 2. The number of halogens is 1. The minimum absolute atomic E-state index is 0.245. The Morgan fingerprint density at radius 1 is 1.29 bits per heavy atom. The van der Waals surface area contributed by atoms with Crippen LogP contribution in [0, 0.1) is 0 Å². The highest BCUT2D eigenvalue weighted by Crippen LogP contribution is 2.25. The Labute approximate surface area is 131 Å². The fraction of sp³-hybridized carbons (Fsp3) is 0.357. The lowest BCUT2D eigenvalue weighted by Gasteiger charge is -2.31. The van der Waals surface area contributed by atoms with Gasteiger partial charge in [-0.05, 0) is 31.8 Å². The van der Waals surface area contributed by atoms with Gasteiger partial charge < -0.3 is 4.90 Å². The van der Waals surface area contributed by atoms with Gasteiger partial charge in [0, 0.05) is 17.6 Å². The van der Waals surface area contributed by atoms with E-state index in [1.807, 2.05) is 25.1 Å². The molecule has 112 valence electrons. The van der Waals surface area contributed by atoms with Gasteiger partial charge in [-0.3, -0.25) is 19.8 Å². The third-order valence-electron chi connectivity index (χ3n) is 3.20. The highest BCUT2D eigenvalue weighted by molar-refractivity contribution is 9.10. The van der Waals surface area contributed by atoms with Crippen LogP contribution in [0.1, 0.15) is 11.5 Å². The summed E-state index contributed by atoms with van der Waals surface area (Å²) in [4.78, 5) is 39.3. The van der Waals surface area contributed by atoms with Crippen molar-refractivity contribution in [2.24, 2.45) is 0 Å². The Balaban J connectivity index is 2.26. The first-order valence-electron chi connectivity index (χ1n) is 6.46. The third kappa shape index (κ3) is 3.48. The number of nitrogens with one attached hydrogen (secondary N) is 1. The fourth-order valence-corrected chi connectivity index (χ4v) is 2.52. The first-order valence-corrected chi connectivity index (χ1v) is 7.26. The molecule has 1 aromatic carbocycles. The molecule has 6 nitrogen and oxygen atoms in total. The van der Waals surface area contributed by atoms with Crippen molar-refractivity contribution in [3.8, 4) is 0 Å². The van der Waals surface area contributed by atoms with E-state index in [0.717, 1.165) is 9.37 Å². The third-order valence-corrected chi connectivity index (χ3v) is 3.70. The summed E-state index contributed by atoms with van der Waals surface area (Å²) in [7, 11) is 3.70. The molecule has 7 heteroatoms. The van der Waals surface area contributed by atoms with Gasteiger partial charge in [-0.1, -0.05) is 28.1 Å². The van der Waals surface area contributed by atoms with Crippen LogP contribution in [0.3, 0.4) is 0 Å². The number of amides is 4. The van der Waals surface area contributed by atoms with E-state index in [2.05, 4.69) is 21.2 Å². The molecule has 0 spiro atoms. The van der Waals surface area contributed by atoms with Crippen LogP contribution in [0.5, 0.6) is 0 Å². The van der Waals surface area contributed by atoms with Gasteiger partial charge in [-0.25, -0.2) is 4.79 Å². The summed E-state index contributed by atoms with van der Waals surface area (Å²) in [6.07, 6.45) is 0. The lowest BCUT2D eigenvalue weighted by molar-refractivity contribution is -0.138. The molecular formula is C14H16BrN3O3. The summed E-state index contributed by atoms with van der Waals surface area (Å²) in [6.45, 7) is 0.786. The zero-order valence-corrected chi connectivity index (χ0v) is 13.4. The van der Waals surface area contributed by atoms with E-state index in [9.17, 15) is 14.4 Å². The van der Waals surface area contributed by atoms with Crippen LogP contribution in [0.2, 0.25) is 0 Å². The number of hydrogen-bond acceptors (Lipinski definition) is 4. The molecule has 4 amide bonds. The number of urea groups is 1. The van der Waals surface area contributed by atoms with Crippen LogP contribution < -0.4 is 5.32 Å². The zero-order valence-electron chi connectivity index (χ0n) is 11.8. The number of benzene rings is 1. The molecule has 1 atom stereocenters. The molecule has 1 heterocycles. The van der Waals surface area contributed by atoms with Crippen molar-refractivity contribution in [1.29, 1.82) is 0 Å². The van der Waals surface area contributed by atoms with Crippen molar-refractivity contribution in [3.63, 3.8) is 0 Å². The Hall–Kier alpha value is -1.73. The highest BCUT2D eigenvalue weighted by Gasteiger charge is 2.41. The molecule has 1 aromatic rings. The average Bonchev–Trinajstić information content (AvgIpc) is 2.37. The van der Waals surface area contributed by atoms with Crippen molar-refractivity contribution in [1.82, 2.24) is 15.1 Å². The van der Waals surface area contributed by atoms with Crippen molar-refractivity contribution in [2.75, 3.05) is 27.2 Å². The number of hydrogen-bond donors (Lipinski definition) is 1. The average molecular weight is 354 g/mol. The van der Waals surface area contributed by atoms with Gasteiger partial charge in [0.1, 0.15) is 5.92 Å². The molecule has 21 heavy (non-hydrogen) atoms. The van der Waals surface area contributed by atoms with Crippen LogP contribution in [0.15, 0.2) is 28.7 Å². The van der Waals surface area contributed by atoms with Crippen molar-refractivity contribution < 1.29 is 14.4 Å². The Kier molecular flexibility index (Phi) is 4.74. The highest BCUT2D eigenvalue weighted by atomic mass is 79.9. The number of likely N-dealkylation sites (N-methyl/N-ethyl adjacent to an activating group) is 1. The van der Waals surface area contributed by atoms with Crippen molar-refractivity contribution >= 4 is 33.8 Å². The first-order chi connectivity index (χ1) is 9.90. The first kappa shape index (κ1) is 15.7. The quantitative estimate of drug-likeness (QED) is 0.825. The summed E-state index contributed by atoms with van der Waals surface area (Å²) in [5.74, 6) is -2.05. The number of barbiturate groups is 1. The van der Waals surface area contributed by atoms with Crippen LogP contribution >= 0.6 is 15.9 Å². The molecule has 2 rings (SSSR count). The second-order valence-corrected chi connectivity index (χ2v) is 5.99. The molecule has 0 aromatic heterocycles. The van der Waals surface area contributed by atoms with E-state index in [4.69, 9.17) is 0 Å². The zero-order chi connectivity index (χ0) is 15.6. The molecule has 1 aliphatic rings. The molecule has 1 aliphatic heterocycles. The van der Waals surface area contributed by atoms with E-state index >= 15 is 0 Å². The molecular weight excluding hydrogens is 338 g/mol. The molecule has 1 saturated heterocycles.